The van der Waals surface area contributed by atoms with Gasteiger partial charge < -0.3 is 14.9 Å². The molecular weight excluding hydrogens is 254 g/mol. The van der Waals surface area contributed by atoms with Crippen LogP contribution in [-0.4, -0.2) is 45.2 Å². The van der Waals surface area contributed by atoms with Crippen LogP contribution < -0.4 is 11.2 Å². The summed E-state index contributed by atoms with van der Waals surface area (Å²) in [5, 5.41) is 18.7. The van der Waals surface area contributed by atoms with Crippen molar-refractivity contribution in [3.63, 3.8) is 0 Å². The number of nitrogens with zero attached hydrogens (tertiary/aromatic N) is 2. The Hall–Kier alpha value is -1.48. The van der Waals surface area contributed by atoms with Crippen LogP contribution in [0.1, 0.15) is 18.2 Å². The van der Waals surface area contributed by atoms with Crippen molar-refractivity contribution in [2.45, 2.75) is 31.3 Å². The molecule has 3 N–H and O–H groups in total. The molecule has 1 fully saturated rings. The molecule has 3 heterocycles. The van der Waals surface area contributed by atoms with Crippen LogP contribution in [0, 0.1) is 0 Å². The molecule has 0 radical (unpaired) electrons. The maximum Gasteiger partial charge on any atom is 0.351 e. The van der Waals surface area contributed by atoms with Gasteiger partial charge in [0.25, 0.3) is 0 Å². The normalized spacial score (nSPS) is 29.9. The van der Waals surface area contributed by atoms with E-state index in [0.29, 0.717) is 18.8 Å². The molecule has 104 valence electrons. The highest BCUT2D eigenvalue weighted by atomic mass is 16.6. The highest BCUT2D eigenvalue weighted by Gasteiger charge is 2.35. The summed E-state index contributed by atoms with van der Waals surface area (Å²) in [5.41, 5.74) is 2.97. The van der Waals surface area contributed by atoms with E-state index < -0.39 is 24.1 Å². The molecule has 0 bridgehead atoms. The van der Waals surface area contributed by atoms with E-state index in [9.17, 15) is 9.90 Å². The largest absolute Gasteiger partial charge is 0.394 e. The maximum atomic E-state index is 11.9. The molecule has 8 nitrogen and oxygen atoms in total. The second-order valence-electron chi connectivity index (χ2n) is 4.62. The van der Waals surface area contributed by atoms with E-state index in [4.69, 9.17) is 14.7 Å². The molecule has 19 heavy (non-hydrogen) atoms. The minimum Gasteiger partial charge on any atom is -0.394 e. The molecule has 0 spiro atoms. The molecule has 0 unspecified atom stereocenters. The minimum atomic E-state index is -0.778. The van der Waals surface area contributed by atoms with Crippen LogP contribution in [0.15, 0.2) is 11.0 Å². The molecule has 0 aromatic carbocycles. The van der Waals surface area contributed by atoms with Gasteiger partial charge in [0.2, 0.25) is 0 Å². The number of anilines is 1. The third-order valence-electron chi connectivity index (χ3n) is 3.36. The summed E-state index contributed by atoms with van der Waals surface area (Å²) in [6.45, 7) is 0.223. The number of aliphatic hydroxyl groups excluding tert-OH is 2. The lowest BCUT2D eigenvalue weighted by atomic mass is 10.2. The SMILES string of the molecule is O=c1nc2c(cn1[C@H]1C[C@@H](O)[C@H](CO)O1)CCON2. The Morgan fingerprint density at radius 1 is 1.58 bits per heavy atom. The van der Waals surface area contributed by atoms with Crippen molar-refractivity contribution in [2.24, 2.45) is 0 Å². The Bertz CT molecular complexity index is 532. The number of hydrogen-bond acceptors (Lipinski definition) is 7. The lowest BCUT2D eigenvalue weighted by Crippen LogP contribution is -2.31. The van der Waals surface area contributed by atoms with Crippen molar-refractivity contribution in [2.75, 3.05) is 18.7 Å². The molecule has 0 saturated carbocycles. The van der Waals surface area contributed by atoms with Crippen molar-refractivity contribution in [1.29, 1.82) is 0 Å². The van der Waals surface area contributed by atoms with Crippen molar-refractivity contribution in [3.05, 3.63) is 22.2 Å². The summed E-state index contributed by atoms with van der Waals surface area (Å²) in [6.07, 6.45) is 0.537. The Balaban J connectivity index is 1.91. The number of fused-ring (bicyclic) bond motifs is 1. The van der Waals surface area contributed by atoms with Gasteiger partial charge in [-0.2, -0.15) is 4.98 Å². The quantitative estimate of drug-likeness (QED) is 0.618. The molecule has 3 atom stereocenters. The van der Waals surface area contributed by atoms with Gasteiger partial charge in [-0.25, -0.2) is 10.3 Å². The number of ether oxygens (including phenoxy) is 1. The second kappa shape index (κ2) is 4.89. The van der Waals surface area contributed by atoms with E-state index in [1.807, 2.05) is 0 Å². The minimum absolute atomic E-state index is 0.259. The van der Waals surface area contributed by atoms with Crippen LogP contribution in [0.3, 0.4) is 0 Å². The van der Waals surface area contributed by atoms with Gasteiger partial charge in [0.1, 0.15) is 12.3 Å². The van der Waals surface area contributed by atoms with Gasteiger partial charge in [-0.05, 0) is 0 Å². The standard InChI is InChI=1S/C11H15N3O5/c15-5-8-7(16)3-9(19-8)14-4-6-1-2-18-13-10(6)12-11(14)17/h4,7-9,15-16H,1-3,5H2,(H,12,13,17)/t7-,8+,9-/m1/s1. The summed E-state index contributed by atoms with van der Waals surface area (Å²) in [6, 6.07) is 0. The van der Waals surface area contributed by atoms with Gasteiger partial charge in [-0.1, -0.05) is 0 Å². The highest BCUT2D eigenvalue weighted by molar-refractivity contribution is 5.41. The fourth-order valence-electron chi connectivity index (χ4n) is 2.32. The van der Waals surface area contributed by atoms with Crippen LogP contribution >= 0.6 is 0 Å². The molecule has 1 aromatic rings. The summed E-state index contributed by atoms with van der Waals surface area (Å²) >= 11 is 0. The van der Waals surface area contributed by atoms with Crippen LogP contribution in [0.5, 0.6) is 0 Å². The van der Waals surface area contributed by atoms with Gasteiger partial charge >= 0.3 is 5.69 Å². The van der Waals surface area contributed by atoms with E-state index >= 15 is 0 Å². The van der Waals surface area contributed by atoms with E-state index in [2.05, 4.69) is 10.5 Å². The summed E-state index contributed by atoms with van der Waals surface area (Å²) in [5.74, 6) is 0.421. The smallest absolute Gasteiger partial charge is 0.351 e. The monoisotopic (exact) mass is 269 g/mol. The fraction of sp³-hybridized carbons (Fsp3) is 0.636. The number of aromatic nitrogens is 2. The van der Waals surface area contributed by atoms with E-state index in [1.165, 1.54) is 4.57 Å². The van der Waals surface area contributed by atoms with Crippen LogP contribution in [0.25, 0.3) is 0 Å². The predicted molar refractivity (Wildman–Crippen MR) is 63.4 cm³/mol. The van der Waals surface area contributed by atoms with Gasteiger partial charge in [-0.3, -0.25) is 9.40 Å². The highest BCUT2D eigenvalue weighted by Crippen LogP contribution is 2.28. The average Bonchev–Trinajstić information content (AvgIpc) is 2.79. The zero-order chi connectivity index (χ0) is 13.4. The van der Waals surface area contributed by atoms with Crippen LogP contribution in [0.4, 0.5) is 5.82 Å². The van der Waals surface area contributed by atoms with E-state index in [-0.39, 0.29) is 13.0 Å². The summed E-state index contributed by atoms with van der Waals surface area (Å²) < 4.78 is 6.80. The molecule has 1 saturated heterocycles. The number of hydrogen-bond donors (Lipinski definition) is 3. The molecule has 2 aliphatic rings. The Labute approximate surface area is 108 Å². The van der Waals surface area contributed by atoms with Crippen LogP contribution in [0.2, 0.25) is 0 Å². The number of aliphatic hydroxyl groups is 2. The zero-order valence-electron chi connectivity index (χ0n) is 10.2. The van der Waals surface area contributed by atoms with E-state index in [1.54, 1.807) is 6.20 Å². The Kier molecular flexibility index (Phi) is 3.23. The average molecular weight is 269 g/mol. The molecule has 0 aliphatic carbocycles. The first kappa shape index (κ1) is 12.5. The summed E-state index contributed by atoms with van der Waals surface area (Å²) in [4.78, 5) is 20.8. The maximum absolute atomic E-state index is 11.9. The Morgan fingerprint density at radius 3 is 3.16 bits per heavy atom. The van der Waals surface area contributed by atoms with Gasteiger partial charge in [0.15, 0.2) is 5.82 Å². The van der Waals surface area contributed by atoms with Gasteiger partial charge in [-0.15, -0.1) is 0 Å². The van der Waals surface area contributed by atoms with Crippen molar-refractivity contribution < 1.29 is 19.8 Å². The Morgan fingerprint density at radius 2 is 2.42 bits per heavy atom. The first-order valence-corrected chi connectivity index (χ1v) is 6.13. The summed E-state index contributed by atoms with van der Waals surface area (Å²) in [7, 11) is 0. The number of nitrogens with one attached hydrogen (secondary N) is 1. The third-order valence-corrected chi connectivity index (χ3v) is 3.36. The second-order valence-corrected chi connectivity index (χ2v) is 4.62. The van der Waals surface area contributed by atoms with Crippen LogP contribution in [-0.2, 0) is 16.0 Å². The van der Waals surface area contributed by atoms with Gasteiger partial charge in [0, 0.05) is 24.6 Å². The molecule has 8 heteroatoms. The topological polar surface area (TPSA) is 106 Å². The first-order valence-electron chi connectivity index (χ1n) is 6.13. The van der Waals surface area contributed by atoms with Crippen molar-refractivity contribution >= 4 is 5.82 Å². The van der Waals surface area contributed by atoms with Crippen molar-refractivity contribution in [1.82, 2.24) is 9.55 Å². The molecule has 0 amide bonds. The number of rotatable bonds is 2. The molecule has 3 rings (SSSR count). The predicted octanol–water partition coefficient (Wildman–Crippen LogP) is -1.22. The lowest BCUT2D eigenvalue weighted by Gasteiger charge is -2.20. The third kappa shape index (κ3) is 2.23. The molecule has 1 aromatic heterocycles. The zero-order valence-corrected chi connectivity index (χ0v) is 10.2. The molecule has 2 aliphatic heterocycles. The first-order chi connectivity index (χ1) is 9.19. The van der Waals surface area contributed by atoms with Crippen molar-refractivity contribution in [3.8, 4) is 0 Å². The van der Waals surface area contributed by atoms with E-state index in [0.717, 1.165) is 5.56 Å². The molecular formula is C11H15N3O5. The fourth-order valence-corrected chi connectivity index (χ4v) is 2.32. The van der Waals surface area contributed by atoms with Gasteiger partial charge in [0.05, 0.1) is 19.3 Å². The lowest BCUT2D eigenvalue weighted by molar-refractivity contribution is -0.0460.